The summed E-state index contributed by atoms with van der Waals surface area (Å²) in [4.78, 5) is 14.0. The number of nitrogens with zero attached hydrogens (tertiary/aromatic N) is 1. The van der Waals surface area contributed by atoms with Crippen molar-refractivity contribution < 1.29 is 14.6 Å². The molecule has 1 atom stereocenters. The molecule has 0 aromatic heterocycles. The smallest absolute Gasteiger partial charge is 0.310 e. The number of aromatic hydroxyl groups is 1. The van der Waals surface area contributed by atoms with Gasteiger partial charge in [-0.25, -0.2) is 0 Å². The van der Waals surface area contributed by atoms with E-state index in [0.29, 0.717) is 25.4 Å². The van der Waals surface area contributed by atoms with E-state index in [1.807, 2.05) is 25.1 Å². The summed E-state index contributed by atoms with van der Waals surface area (Å²) in [6, 6.07) is 7.35. The highest BCUT2D eigenvalue weighted by molar-refractivity contribution is 5.72. The molecule has 0 aliphatic carbocycles. The fraction of sp³-hybridized carbons (Fsp3) is 0.533. The molecule has 0 unspecified atom stereocenters. The standard InChI is InChI=1S/C15H21NO3/c1-2-19-15(18)13-7-5-9-16(11-13)10-12-6-3-4-8-14(12)17/h3-4,6,8,13,17H,2,5,7,9-11H2,1H3/t13-/m0/s1. The second-order valence-corrected chi connectivity index (χ2v) is 4.96. The summed E-state index contributed by atoms with van der Waals surface area (Å²) in [7, 11) is 0. The van der Waals surface area contributed by atoms with E-state index in [4.69, 9.17) is 4.74 Å². The predicted octanol–water partition coefficient (Wildman–Crippen LogP) is 2.17. The van der Waals surface area contributed by atoms with Gasteiger partial charge in [0.15, 0.2) is 0 Å². The Morgan fingerprint density at radius 2 is 2.26 bits per heavy atom. The summed E-state index contributed by atoms with van der Waals surface area (Å²) in [5.41, 5.74) is 0.909. The van der Waals surface area contributed by atoms with Gasteiger partial charge in [-0.3, -0.25) is 9.69 Å². The average molecular weight is 263 g/mol. The molecule has 1 saturated heterocycles. The number of rotatable bonds is 4. The van der Waals surface area contributed by atoms with E-state index in [0.717, 1.165) is 24.9 Å². The van der Waals surface area contributed by atoms with Gasteiger partial charge in [-0.05, 0) is 32.4 Å². The fourth-order valence-electron chi connectivity index (χ4n) is 2.54. The first-order chi connectivity index (χ1) is 9.20. The largest absolute Gasteiger partial charge is 0.508 e. The number of phenols is 1. The first-order valence-corrected chi connectivity index (χ1v) is 6.86. The SMILES string of the molecule is CCOC(=O)[C@H]1CCCN(Cc2ccccc2O)C1. The van der Waals surface area contributed by atoms with E-state index in [9.17, 15) is 9.90 Å². The molecule has 1 aliphatic rings. The number of hydrogen-bond acceptors (Lipinski definition) is 4. The number of carbonyl (C=O) groups is 1. The van der Waals surface area contributed by atoms with Crippen LogP contribution in [0, 0.1) is 5.92 Å². The zero-order valence-electron chi connectivity index (χ0n) is 11.3. The summed E-state index contributed by atoms with van der Waals surface area (Å²) in [6.45, 7) is 4.63. The molecular weight excluding hydrogens is 242 g/mol. The molecule has 0 bridgehead atoms. The Balaban J connectivity index is 1.94. The maximum absolute atomic E-state index is 11.8. The monoisotopic (exact) mass is 263 g/mol. The second kappa shape index (κ2) is 6.57. The number of esters is 1. The van der Waals surface area contributed by atoms with E-state index < -0.39 is 0 Å². The molecule has 19 heavy (non-hydrogen) atoms. The van der Waals surface area contributed by atoms with Crippen LogP contribution in [0.25, 0.3) is 0 Å². The maximum Gasteiger partial charge on any atom is 0.310 e. The van der Waals surface area contributed by atoms with Crippen LogP contribution in [0.5, 0.6) is 5.75 Å². The number of para-hydroxylation sites is 1. The van der Waals surface area contributed by atoms with Gasteiger partial charge in [0.1, 0.15) is 5.75 Å². The van der Waals surface area contributed by atoms with Gasteiger partial charge < -0.3 is 9.84 Å². The van der Waals surface area contributed by atoms with Crippen LogP contribution in [0.4, 0.5) is 0 Å². The number of carbonyl (C=O) groups excluding carboxylic acids is 1. The summed E-state index contributed by atoms with van der Waals surface area (Å²) >= 11 is 0. The van der Waals surface area contributed by atoms with Crippen LogP contribution in [0.3, 0.4) is 0 Å². The quantitative estimate of drug-likeness (QED) is 0.846. The Kier molecular flexibility index (Phi) is 4.80. The molecule has 1 aliphatic heterocycles. The van der Waals surface area contributed by atoms with Crippen molar-refractivity contribution in [1.82, 2.24) is 4.90 Å². The Morgan fingerprint density at radius 3 is 3.00 bits per heavy atom. The van der Waals surface area contributed by atoms with Crippen LogP contribution < -0.4 is 0 Å². The number of hydrogen-bond donors (Lipinski definition) is 1. The molecule has 0 radical (unpaired) electrons. The molecule has 1 heterocycles. The lowest BCUT2D eigenvalue weighted by molar-refractivity contribution is -0.150. The fourth-order valence-corrected chi connectivity index (χ4v) is 2.54. The minimum absolute atomic E-state index is 0.0282. The molecular formula is C15H21NO3. The van der Waals surface area contributed by atoms with Gasteiger partial charge in [-0.15, -0.1) is 0 Å². The van der Waals surface area contributed by atoms with Gasteiger partial charge in [0.25, 0.3) is 0 Å². The molecule has 1 fully saturated rings. The third-order valence-electron chi connectivity index (χ3n) is 3.51. The molecule has 1 N–H and O–H groups in total. The predicted molar refractivity (Wildman–Crippen MR) is 72.7 cm³/mol. The van der Waals surface area contributed by atoms with Gasteiger partial charge in [-0.1, -0.05) is 18.2 Å². The number of ether oxygens (including phenoxy) is 1. The summed E-state index contributed by atoms with van der Waals surface area (Å²) in [5, 5.41) is 9.78. The molecule has 4 heteroatoms. The summed E-state index contributed by atoms with van der Waals surface area (Å²) < 4.78 is 5.09. The molecule has 104 valence electrons. The molecule has 1 aromatic rings. The van der Waals surface area contributed by atoms with Crippen molar-refractivity contribution in [2.24, 2.45) is 5.92 Å². The topological polar surface area (TPSA) is 49.8 Å². The number of piperidine rings is 1. The van der Waals surface area contributed by atoms with Gasteiger partial charge in [0, 0.05) is 18.7 Å². The van der Waals surface area contributed by atoms with Crippen LogP contribution in [0.1, 0.15) is 25.3 Å². The van der Waals surface area contributed by atoms with Crippen molar-refractivity contribution in [3.05, 3.63) is 29.8 Å². The molecule has 0 saturated carbocycles. The van der Waals surface area contributed by atoms with Crippen molar-refractivity contribution in [1.29, 1.82) is 0 Å². The summed E-state index contributed by atoms with van der Waals surface area (Å²) in [6.07, 6.45) is 1.90. The van der Waals surface area contributed by atoms with Gasteiger partial charge in [0.2, 0.25) is 0 Å². The Morgan fingerprint density at radius 1 is 1.47 bits per heavy atom. The molecule has 1 aromatic carbocycles. The van der Waals surface area contributed by atoms with Crippen LogP contribution >= 0.6 is 0 Å². The second-order valence-electron chi connectivity index (χ2n) is 4.96. The van der Waals surface area contributed by atoms with E-state index in [2.05, 4.69) is 4.90 Å². The molecule has 0 amide bonds. The summed E-state index contributed by atoms with van der Waals surface area (Å²) in [5.74, 6) is 0.199. The number of phenolic OH excluding ortho intramolecular Hbond substituents is 1. The van der Waals surface area contributed by atoms with Crippen LogP contribution in [0.15, 0.2) is 24.3 Å². The zero-order valence-corrected chi connectivity index (χ0v) is 11.3. The maximum atomic E-state index is 11.8. The molecule has 0 spiro atoms. The van der Waals surface area contributed by atoms with Crippen LogP contribution in [0.2, 0.25) is 0 Å². The lowest BCUT2D eigenvalue weighted by atomic mass is 9.97. The minimum Gasteiger partial charge on any atom is -0.508 e. The third-order valence-corrected chi connectivity index (χ3v) is 3.51. The Hall–Kier alpha value is -1.55. The van der Waals surface area contributed by atoms with E-state index >= 15 is 0 Å². The van der Waals surface area contributed by atoms with Crippen molar-refractivity contribution in [3.8, 4) is 5.75 Å². The van der Waals surface area contributed by atoms with Crippen molar-refractivity contribution >= 4 is 5.97 Å². The van der Waals surface area contributed by atoms with E-state index in [1.165, 1.54) is 0 Å². The van der Waals surface area contributed by atoms with Gasteiger partial charge >= 0.3 is 5.97 Å². The highest BCUT2D eigenvalue weighted by Gasteiger charge is 2.26. The van der Waals surface area contributed by atoms with Crippen LogP contribution in [-0.4, -0.2) is 35.7 Å². The Labute approximate surface area is 114 Å². The number of benzene rings is 1. The molecule has 2 rings (SSSR count). The average Bonchev–Trinajstić information content (AvgIpc) is 2.42. The Bertz CT molecular complexity index is 433. The lowest BCUT2D eigenvalue weighted by Gasteiger charge is -2.31. The van der Waals surface area contributed by atoms with Crippen molar-refractivity contribution in [3.63, 3.8) is 0 Å². The highest BCUT2D eigenvalue weighted by atomic mass is 16.5. The van der Waals surface area contributed by atoms with Gasteiger partial charge in [0.05, 0.1) is 12.5 Å². The van der Waals surface area contributed by atoms with Crippen molar-refractivity contribution in [2.75, 3.05) is 19.7 Å². The molecule has 4 nitrogen and oxygen atoms in total. The highest BCUT2D eigenvalue weighted by Crippen LogP contribution is 2.23. The van der Waals surface area contributed by atoms with Crippen LogP contribution in [-0.2, 0) is 16.1 Å². The number of likely N-dealkylation sites (tertiary alicyclic amines) is 1. The first-order valence-electron chi connectivity index (χ1n) is 6.86. The minimum atomic E-state index is -0.0931. The zero-order chi connectivity index (χ0) is 13.7. The lowest BCUT2D eigenvalue weighted by Crippen LogP contribution is -2.38. The van der Waals surface area contributed by atoms with Gasteiger partial charge in [-0.2, -0.15) is 0 Å². The van der Waals surface area contributed by atoms with E-state index in [-0.39, 0.29) is 11.9 Å². The normalized spacial score (nSPS) is 20.2. The van der Waals surface area contributed by atoms with E-state index in [1.54, 1.807) is 6.07 Å². The third kappa shape index (κ3) is 3.70. The van der Waals surface area contributed by atoms with Crippen molar-refractivity contribution in [2.45, 2.75) is 26.3 Å². The first kappa shape index (κ1) is 13.9.